The van der Waals surface area contributed by atoms with Crippen LogP contribution in [0.1, 0.15) is 239 Å². The number of aliphatic carboxylic acids is 1. The summed E-state index contributed by atoms with van der Waals surface area (Å²) in [5.41, 5.74) is 0. The Balaban J connectivity index is 4.15. The van der Waals surface area contributed by atoms with Crippen LogP contribution in [0.3, 0.4) is 0 Å². The molecule has 0 aliphatic rings. The zero-order chi connectivity index (χ0) is 42.3. The molecule has 6 nitrogen and oxygen atoms in total. The zero-order valence-corrected chi connectivity index (χ0v) is 37.9. The zero-order valence-electron chi connectivity index (χ0n) is 37.9. The number of esters is 1. The second kappa shape index (κ2) is 46.8. The molecule has 2 N–H and O–H groups in total. The van der Waals surface area contributed by atoms with Crippen molar-refractivity contribution in [2.75, 3.05) is 6.54 Å². The van der Waals surface area contributed by atoms with Gasteiger partial charge in [0.25, 0.3) is 0 Å². The summed E-state index contributed by atoms with van der Waals surface area (Å²) in [6.07, 6.45) is 62.1. The first kappa shape index (κ1) is 55.1. The quantitative estimate of drug-likeness (QED) is 0.0363. The molecule has 0 saturated heterocycles. The van der Waals surface area contributed by atoms with Crippen LogP contribution in [0.5, 0.6) is 0 Å². The summed E-state index contributed by atoms with van der Waals surface area (Å²) in [4.78, 5) is 35.1. The van der Waals surface area contributed by atoms with Crippen molar-refractivity contribution in [2.45, 2.75) is 245 Å². The van der Waals surface area contributed by atoms with Gasteiger partial charge in [0.15, 0.2) is 0 Å². The predicted molar refractivity (Wildman–Crippen MR) is 249 cm³/mol. The van der Waals surface area contributed by atoms with Crippen molar-refractivity contribution < 1.29 is 24.2 Å². The number of carboxylic acid groups (broad SMARTS) is 1. The minimum Gasteiger partial charge on any atom is -0.480 e. The smallest absolute Gasteiger partial charge is 0.322 e. The van der Waals surface area contributed by atoms with Crippen molar-refractivity contribution in [1.29, 1.82) is 0 Å². The highest BCUT2D eigenvalue weighted by Gasteiger charge is 2.14. The number of hydrogen-bond donors (Lipinski definition) is 2. The molecule has 0 saturated carbocycles. The van der Waals surface area contributed by atoms with E-state index in [1.54, 1.807) is 0 Å². The molecule has 0 fully saturated rings. The molecule has 0 bridgehead atoms. The summed E-state index contributed by atoms with van der Waals surface area (Å²) >= 11 is 0. The third kappa shape index (κ3) is 45.8. The maximum Gasteiger partial charge on any atom is 0.322 e. The first-order valence-corrected chi connectivity index (χ1v) is 24.4. The van der Waals surface area contributed by atoms with E-state index in [9.17, 15) is 14.4 Å². The lowest BCUT2D eigenvalue weighted by atomic mass is 10.0. The van der Waals surface area contributed by atoms with Crippen molar-refractivity contribution in [3.05, 3.63) is 60.8 Å². The average molecular weight is 810 g/mol. The van der Waals surface area contributed by atoms with Gasteiger partial charge in [-0.1, -0.05) is 184 Å². The Labute approximate surface area is 358 Å². The summed E-state index contributed by atoms with van der Waals surface area (Å²) in [5, 5.41) is 11.1. The molecule has 1 atom stereocenters. The molecule has 0 aliphatic heterocycles. The molecule has 1 amide bonds. The molecule has 0 radical (unpaired) electrons. The Bertz CT molecular complexity index is 1070. The van der Waals surface area contributed by atoms with Crippen LogP contribution in [-0.4, -0.2) is 35.6 Å². The number of nitrogens with one attached hydrogen (secondary N) is 1. The standard InChI is InChI=1S/C52H91NO5/c1-3-5-7-9-11-13-15-17-18-19-20-21-22-23-24-25-26-28-30-32-34-39-43-47-52(57)58-49(45-41-37-35-38-42-46-50(54)53-48-51(55)56)44-40-36-33-31-29-27-16-14-12-10-8-6-4-2/h15-17,19-20,22-23,27,31,33,49H,3-14,18,21,24-26,28-30,32,34-48H2,1-2H3,(H,53,54)(H,55,56)/b17-15-,20-19-,23-22-,27-16-,33-31-. The molecular weight excluding hydrogens is 719 g/mol. The summed E-state index contributed by atoms with van der Waals surface area (Å²) in [7, 11) is 0. The number of carboxylic acids is 1. The van der Waals surface area contributed by atoms with Gasteiger partial charge in [-0.2, -0.15) is 0 Å². The number of carbonyl (C=O) groups excluding carboxylic acids is 2. The molecule has 0 rings (SSSR count). The highest BCUT2D eigenvalue weighted by molar-refractivity contribution is 5.80. The van der Waals surface area contributed by atoms with Crippen LogP contribution in [0.15, 0.2) is 60.8 Å². The highest BCUT2D eigenvalue weighted by atomic mass is 16.5. The van der Waals surface area contributed by atoms with E-state index in [-0.39, 0.29) is 24.5 Å². The van der Waals surface area contributed by atoms with E-state index in [0.29, 0.717) is 12.8 Å². The van der Waals surface area contributed by atoms with Gasteiger partial charge in [-0.05, 0) is 103 Å². The average Bonchev–Trinajstić information content (AvgIpc) is 3.21. The SMILES string of the molecule is CCCCCCC/C=C\C/C=C\C/C=C\CCCCCCCCCCC(=O)OC(CCC/C=C\C/C=C\CCCCCCC)CCCCCCCC(=O)NCC(=O)O. The molecule has 0 aliphatic carbocycles. The van der Waals surface area contributed by atoms with Crippen LogP contribution < -0.4 is 5.32 Å². The second-order valence-electron chi connectivity index (χ2n) is 16.4. The normalized spacial score (nSPS) is 12.6. The van der Waals surface area contributed by atoms with Gasteiger partial charge in [0.05, 0.1) is 0 Å². The highest BCUT2D eigenvalue weighted by Crippen LogP contribution is 2.18. The first-order valence-electron chi connectivity index (χ1n) is 24.4. The summed E-state index contributed by atoms with van der Waals surface area (Å²) in [5.74, 6) is -1.27. The molecule has 0 spiro atoms. The van der Waals surface area contributed by atoms with E-state index in [1.165, 1.54) is 122 Å². The number of rotatable bonds is 44. The number of allylic oxidation sites excluding steroid dienone is 10. The predicted octanol–water partition coefficient (Wildman–Crippen LogP) is 15.6. The first-order chi connectivity index (χ1) is 28.5. The van der Waals surface area contributed by atoms with Crippen molar-refractivity contribution in [1.82, 2.24) is 5.32 Å². The van der Waals surface area contributed by atoms with Gasteiger partial charge in [0, 0.05) is 12.8 Å². The number of hydrogen-bond acceptors (Lipinski definition) is 4. The van der Waals surface area contributed by atoms with E-state index in [4.69, 9.17) is 9.84 Å². The van der Waals surface area contributed by atoms with Gasteiger partial charge in [0.2, 0.25) is 5.91 Å². The lowest BCUT2D eigenvalue weighted by molar-refractivity contribution is -0.150. The largest absolute Gasteiger partial charge is 0.480 e. The Morgan fingerprint density at radius 1 is 0.448 bits per heavy atom. The Hall–Kier alpha value is -2.89. The lowest BCUT2D eigenvalue weighted by Gasteiger charge is -2.18. The van der Waals surface area contributed by atoms with Crippen LogP contribution in [-0.2, 0) is 19.1 Å². The fourth-order valence-electron chi connectivity index (χ4n) is 7.03. The third-order valence-electron chi connectivity index (χ3n) is 10.7. The molecule has 0 aromatic carbocycles. The van der Waals surface area contributed by atoms with Crippen LogP contribution in [0.2, 0.25) is 0 Å². The summed E-state index contributed by atoms with van der Waals surface area (Å²) < 4.78 is 6.03. The van der Waals surface area contributed by atoms with Gasteiger partial charge < -0.3 is 15.2 Å². The number of amides is 1. The van der Waals surface area contributed by atoms with Gasteiger partial charge in [-0.3, -0.25) is 14.4 Å². The van der Waals surface area contributed by atoms with Crippen molar-refractivity contribution >= 4 is 17.8 Å². The second-order valence-corrected chi connectivity index (χ2v) is 16.4. The van der Waals surface area contributed by atoms with E-state index in [2.05, 4.69) is 79.9 Å². The maximum atomic E-state index is 12.8. The molecule has 58 heavy (non-hydrogen) atoms. The van der Waals surface area contributed by atoms with Crippen LogP contribution in [0.25, 0.3) is 0 Å². The van der Waals surface area contributed by atoms with E-state index >= 15 is 0 Å². The summed E-state index contributed by atoms with van der Waals surface area (Å²) in [6, 6.07) is 0. The van der Waals surface area contributed by atoms with Crippen molar-refractivity contribution in [3.63, 3.8) is 0 Å². The Morgan fingerprint density at radius 3 is 1.28 bits per heavy atom. The van der Waals surface area contributed by atoms with Gasteiger partial charge >= 0.3 is 11.9 Å². The van der Waals surface area contributed by atoms with Crippen molar-refractivity contribution in [2.24, 2.45) is 0 Å². The Kier molecular flexibility index (Phi) is 44.5. The van der Waals surface area contributed by atoms with Crippen LogP contribution >= 0.6 is 0 Å². The molecule has 0 aromatic rings. The monoisotopic (exact) mass is 810 g/mol. The Morgan fingerprint density at radius 2 is 0.810 bits per heavy atom. The fourth-order valence-corrected chi connectivity index (χ4v) is 7.03. The minimum atomic E-state index is -1.02. The van der Waals surface area contributed by atoms with Crippen molar-refractivity contribution in [3.8, 4) is 0 Å². The molecule has 0 heterocycles. The molecule has 0 aromatic heterocycles. The van der Waals surface area contributed by atoms with E-state index in [1.807, 2.05) is 0 Å². The fraction of sp³-hybridized carbons (Fsp3) is 0.750. The van der Waals surface area contributed by atoms with Gasteiger partial charge in [0.1, 0.15) is 12.6 Å². The molecular formula is C52H91NO5. The lowest BCUT2D eigenvalue weighted by Crippen LogP contribution is -2.28. The van der Waals surface area contributed by atoms with E-state index in [0.717, 1.165) is 89.9 Å². The maximum absolute atomic E-state index is 12.8. The number of unbranched alkanes of at least 4 members (excludes halogenated alkanes) is 23. The number of ether oxygens (including phenoxy) is 1. The summed E-state index contributed by atoms with van der Waals surface area (Å²) in [6.45, 7) is 4.20. The molecule has 334 valence electrons. The van der Waals surface area contributed by atoms with E-state index < -0.39 is 5.97 Å². The third-order valence-corrected chi connectivity index (χ3v) is 10.7. The van der Waals surface area contributed by atoms with Crippen LogP contribution in [0.4, 0.5) is 0 Å². The molecule has 1 unspecified atom stereocenters. The molecule has 6 heteroatoms. The van der Waals surface area contributed by atoms with Crippen LogP contribution in [0, 0.1) is 0 Å². The topological polar surface area (TPSA) is 92.7 Å². The van der Waals surface area contributed by atoms with Gasteiger partial charge in [-0.15, -0.1) is 0 Å². The minimum absolute atomic E-state index is 0.0245. The van der Waals surface area contributed by atoms with Gasteiger partial charge in [-0.25, -0.2) is 0 Å². The number of carbonyl (C=O) groups is 3.